The lowest BCUT2D eigenvalue weighted by Gasteiger charge is -1.98. The monoisotopic (exact) mass is 298 g/mol. The first kappa shape index (κ1) is 13.1. The SMILES string of the molecule is Cn1nnc(-c2ccc(-c3nc(C4CCOC4)no3)cc2)n1. The summed E-state index contributed by atoms with van der Waals surface area (Å²) in [4.78, 5) is 5.89. The molecule has 2 aromatic heterocycles. The molecule has 1 fully saturated rings. The van der Waals surface area contributed by atoms with Crippen molar-refractivity contribution in [3.63, 3.8) is 0 Å². The second-order valence-corrected chi connectivity index (χ2v) is 5.20. The molecule has 1 unspecified atom stereocenters. The maximum Gasteiger partial charge on any atom is 0.257 e. The average molecular weight is 298 g/mol. The highest BCUT2D eigenvalue weighted by Gasteiger charge is 2.23. The molecule has 0 bridgehead atoms. The Balaban J connectivity index is 1.58. The Bertz CT molecular complexity index is 773. The minimum Gasteiger partial charge on any atom is -0.381 e. The molecular formula is C14H14N6O2. The first-order valence-corrected chi connectivity index (χ1v) is 7.06. The van der Waals surface area contributed by atoms with E-state index < -0.39 is 0 Å². The van der Waals surface area contributed by atoms with Crippen LogP contribution in [0.3, 0.4) is 0 Å². The third kappa shape index (κ3) is 2.37. The molecule has 0 aliphatic carbocycles. The fourth-order valence-electron chi connectivity index (χ4n) is 2.42. The van der Waals surface area contributed by atoms with Crippen molar-refractivity contribution >= 4 is 0 Å². The molecule has 112 valence electrons. The lowest BCUT2D eigenvalue weighted by atomic mass is 10.1. The lowest BCUT2D eigenvalue weighted by molar-refractivity contribution is 0.192. The molecule has 1 aromatic carbocycles. The van der Waals surface area contributed by atoms with E-state index in [0.29, 0.717) is 24.1 Å². The number of aromatic nitrogens is 6. The zero-order valence-corrected chi connectivity index (χ0v) is 12.0. The van der Waals surface area contributed by atoms with E-state index in [9.17, 15) is 0 Å². The van der Waals surface area contributed by atoms with E-state index in [1.165, 1.54) is 4.80 Å². The third-order valence-corrected chi connectivity index (χ3v) is 3.63. The molecule has 8 nitrogen and oxygen atoms in total. The highest BCUT2D eigenvalue weighted by Crippen LogP contribution is 2.26. The Labute approximate surface area is 126 Å². The van der Waals surface area contributed by atoms with Gasteiger partial charge in [-0.05, 0) is 23.8 Å². The molecule has 0 saturated carbocycles. The van der Waals surface area contributed by atoms with Crippen molar-refractivity contribution in [1.82, 2.24) is 30.3 Å². The molecule has 4 rings (SSSR count). The molecule has 22 heavy (non-hydrogen) atoms. The smallest absolute Gasteiger partial charge is 0.257 e. The Morgan fingerprint density at radius 2 is 2.00 bits per heavy atom. The van der Waals surface area contributed by atoms with Crippen LogP contribution in [-0.2, 0) is 11.8 Å². The molecule has 0 N–H and O–H groups in total. The van der Waals surface area contributed by atoms with E-state index >= 15 is 0 Å². The van der Waals surface area contributed by atoms with Crippen LogP contribution in [0.15, 0.2) is 28.8 Å². The van der Waals surface area contributed by atoms with Crippen molar-refractivity contribution in [2.24, 2.45) is 7.05 Å². The van der Waals surface area contributed by atoms with Gasteiger partial charge in [-0.3, -0.25) is 0 Å². The molecule has 1 aliphatic heterocycles. The van der Waals surface area contributed by atoms with Gasteiger partial charge in [-0.25, -0.2) is 0 Å². The first-order chi connectivity index (χ1) is 10.8. The number of aryl methyl sites for hydroxylation is 1. The molecule has 1 saturated heterocycles. The van der Waals surface area contributed by atoms with Crippen LogP contribution in [0.5, 0.6) is 0 Å². The number of tetrazole rings is 1. The summed E-state index contributed by atoms with van der Waals surface area (Å²) in [6.45, 7) is 1.42. The fraction of sp³-hybridized carbons (Fsp3) is 0.357. The van der Waals surface area contributed by atoms with E-state index in [1.54, 1.807) is 7.05 Å². The van der Waals surface area contributed by atoms with Gasteiger partial charge in [-0.2, -0.15) is 9.78 Å². The second-order valence-electron chi connectivity index (χ2n) is 5.20. The van der Waals surface area contributed by atoms with Crippen LogP contribution >= 0.6 is 0 Å². The van der Waals surface area contributed by atoms with Gasteiger partial charge >= 0.3 is 0 Å². The number of rotatable bonds is 3. The van der Waals surface area contributed by atoms with Gasteiger partial charge in [0.05, 0.1) is 13.7 Å². The number of benzene rings is 1. The van der Waals surface area contributed by atoms with Gasteiger partial charge in [-0.1, -0.05) is 17.3 Å². The quantitative estimate of drug-likeness (QED) is 0.722. The maximum absolute atomic E-state index is 5.35. The maximum atomic E-state index is 5.35. The molecular weight excluding hydrogens is 284 g/mol. The largest absolute Gasteiger partial charge is 0.381 e. The van der Waals surface area contributed by atoms with E-state index in [1.807, 2.05) is 24.3 Å². The molecule has 1 atom stereocenters. The van der Waals surface area contributed by atoms with Crippen molar-refractivity contribution in [3.05, 3.63) is 30.1 Å². The van der Waals surface area contributed by atoms with Gasteiger partial charge < -0.3 is 9.26 Å². The van der Waals surface area contributed by atoms with Crippen LogP contribution in [-0.4, -0.2) is 43.6 Å². The Morgan fingerprint density at radius 1 is 1.18 bits per heavy atom. The summed E-state index contributed by atoms with van der Waals surface area (Å²) in [6, 6.07) is 7.64. The van der Waals surface area contributed by atoms with Crippen molar-refractivity contribution in [2.45, 2.75) is 12.3 Å². The van der Waals surface area contributed by atoms with Gasteiger partial charge in [0, 0.05) is 23.7 Å². The molecule has 8 heteroatoms. The molecule has 0 spiro atoms. The van der Waals surface area contributed by atoms with Gasteiger partial charge in [0.15, 0.2) is 5.82 Å². The van der Waals surface area contributed by atoms with Crippen molar-refractivity contribution < 1.29 is 9.26 Å². The third-order valence-electron chi connectivity index (χ3n) is 3.63. The topological polar surface area (TPSA) is 91.8 Å². The van der Waals surface area contributed by atoms with E-state index in [2.05, 4.69) is 25.6 Å². The number of ether oxygens (including phenoxy) is 1. The van der Waals surface area contributed by atoms with Crippen LogP contribution in [0.4, 0.5) is 0 Å². The van der Waals surface area contributed by atoms with Crippen molar-refractivity contribution in [3.8, 4) is 22.8 Å². The van der Waals surface area contributed by atoms with E-state index in [0.717, 1.165) is 24.2 Å². The van der Waals surface area contributed by atoms with Gasteiger partial charge in [-0.15, -0.1) is 10.2 Å². The first-order valence-electron chi connectivity index (χ1n) is 7.06. The van der Waals surface area contributed by atoms with Crippen LogP contribution in [0.2, 0.25) is 0 Å². The Morgan fingerprint density at radius 3 is 2.68 bits per heavy atom. The number of nitrogens with zero attached hydrogens (tertiary/aromatic N) is 6. The normalized spacial score (nSPS) is 18.0. The summed E-state index contributed by atoms with van der Waals surface area (Å²) < 4.78 is 10.7. The molecule has 1 aliphatic rings. The highest BCUT2D eigenvalue weighted by atomic mass is 16.5. The molecule has 3 aromatic rings. The zero-order chi connectivity index (χ0) is 14.9. The van der Waals surface area contributed by atoms with Crippen molar-refractivity contribution in [2.75, 3.05) is 13.2 Å². The average Bonchev–Trinajstić information content (AvgIpc) is 3.28. The minimum absolute atomic E-state index is 0.237. The highest BCUT2D eigenvalue weighted by molar-refractivity contribution is 5.61. The number of hydrogen-bond acceptors (Lipinski definition) is 7. The van der Waals surface area contributed by atoms with Crippen LogP contribution < -0.4 is 0 Å². The van der Waals surface area contributed by atoms with Crippen LogP contribution in [0, 0.1) is 0 Å². The second kappa shape index (κ2) is 5.30. The zero-order valence-electron chi connectivity index (χ0n) is 12.0. The summed E-state index contributed by atoms with van der Waals surface area (Å²) >= 11 is 0. The standard InChI is InChI=1S/C14H14N6O2/c1-20-17-13(16-19-20)9-2-4-10(5-3-9)14-15-12(18-22-14)11-6-7-21-8-11/h2-5,11H,6-8H2,1H3. The molecule has 3 heterocycles. The predicted molar refractivity (Wildman–Crippen MR) is 75.7 cm³/mol. The predicted octanol–water partition coefficient (Wildman–Crippen LogP) is 1.43. The summed E-state index contributed by atoms with van der Waals surface area (Å²) in [6.07, 6.45) is 0.941. The van der Waals surface area contributed by atoms with Gasteiger partial charge in [0.2, 0.25) is 5.82 Å². The van der Waals surface area contributed by atoms with E-state index in [4.69, 9.17) is 9.26 Å². The van der Waals surface area contributed by atoms with Crippen LogP contribution in [0.1, 0.15) is 18.2 Å². The Kier molecular flexibility index (Phi) is 3.15. The van der Waals surface area contributed by atoms with Crippen LogP contribution in [0.25, 0.3) is 22.8 Å². The minimum atomic E-state index is 0.237. The Hall–Kier alpha value is -2.61. The molecule has 0 radical (unpaired) electrons. The summed E-state index contributed by atoms with van der Waals surface area (Å²) in [7, 11) is 1.73. The van der Waals surface area contributed by atoms with E-state index in [-0.39, 0.29) is 5.92 Å². The summed E-state index contributed by atoms with van der Waals surface area (Å²) in [5, 5.41) is 16.0. The van der Waals surface area contributed by atoms with Crippen molar-refractivity contribution in [1.29, 1.82) is 0 Å². The fourth-order valence-corrected chi connectivity index (χ4v) is 2.42. The number of hydrogen-bond donors (Lipinski definition) is 0. The van der Waals surface area contributed by atoms with Gasteiger partial charge in [0.1, 0.15) is 0 Å². The summed E-state index contributed by atoms with van der Waals surface area (Å²) in [5.74, 6) is 2.05. The summed E-state index contributed by atoms with van der Waals surface area (Å²) in [5.41, 5.74) is 1.76. The lowest BCUT2D eigenvalue weighted by Crippen LogP contribution is -1.99. The molecule has 0 amide bonds. The van der Waals surface area contributed by atoms with Gasteiger partial charge in [0.25, 0.3) is 5.89 Å².